The highest BCUT2D eigenvalue weighted by Gasteiger charge is 2.20. The number of hydrogen-bond acceptors (Lipinski definition) is 5. The topological polar surface area (TPSA) is 56.7 Å². The summed E-state index contributed by atoms with van der Waals surface area (Å²) in [7, 11) is 0. The van der Waals surface area contributed by atoms with Gasteiger partial charge in [-0.1, -0.05) is 127 Å². The minimum Gasteiger partial charge on any atom is -0.456 e. The number of nitrogens with zero attached hydrogens (tertiary/aromatic N) is 4. The molecule has 0 unspecified atom stereocenters. The Morgan fingerprint density at radius 1 is 0.381 bits per heavy atom. The zero-order chi connectivity index (χ0) is 41.2. The van der Waals surface area contributed by atoms with Crippen LogP contribution in [0.1, 0.15) is 0 Å². The summed E-state index contributed by atoms with van der Waals surface area (Å²) in [6.45, 7) is 0. The summed E-state index contributed by atoms with van der Waals surface area (Å²) < 4.78 is 11.6. The predicted molar refractivity (Wildman–Crippen MR) is 263 cm³/mol. The third-order valence-corrected chi connectivity index (χ3v) is 14.0. The van der Waals surface area contributed by atoms with Crippen molar-refractivity contribution < 1.29 is 4.42 Å². The molecular weight excluding hydrogens is 789 g/mol. The van der Waals surface area contributed by atoms with Crippen LogP contribution < -0.4 is 0 Å². The minimum absolute atomic E-state index is 0.595. The Morgan fingerprint density at radius 3 is 1.78 bits per heavy atom. The van der Waals surface area contributed by atoms with Crippen LogP contribution in [0, 0.1) is 0 Å². The molecule has 5 nitrogen and oxygen atoms in total. The van der Waals surface area contributed by atoms with E-state index in [0.717, 1.165) is 59.8 Å². The number of benzene rings is 10. The monoisotopic (exact) mass is 820 g/mol. The highest BCUT2D eigenvalue weighted by atomic mass is 32.1. The first-order valence-electron chi connectivity index (χ1n) is 21.2. The smallest absolute Gasteiger partial charge is 0.165 e. The average Bonchev–Trinajstić information content (AvgIpc) is 4.01. The van der Waals surface area contributed by atoms with E-state index < -0.39 is 0 Å². The second-order valence-corrected chi connectivity index (χ2v) is 17.4. The Balaban J connectivity index is 0.960. The number of hydrogen-bond donors (Lipinski definition) is 0. The first kappa shape index (κ1) is 34.5. The fraction of sp³-hybridized carbons (Fsp3) is 0. The van der Waals surface area contributed by atoms with Crippen molar-refractivity contribution in [1.82, 2.24) is 19.5 Å². The van der Waals surface area contributed by atoms with Gasteiger partial charge in [0.15, 0.2) is 17.5 Å². The first-order valence-corrected chi connectivity index (χ1v) is 22.0. The molecule has 0 saturated carbocycles. The van der Waals surface area contributed by atoms with Crippen LogP contribution in [-0.4, -0.2) is 19.5 Å². The Bertz CT molecular complexity index is 4130. The van der Waals surface area contributed by atoms with Gasteiger partial charge in [0, 0.05) is 64.1 Å². The van der Waals surface area contributed by atoms with Gasteiger partial charge in [-0.15, -0.1) is 11.3 Å². The summed E-state index contributed by atoms with van der Waals surface area (Å²) in [5, 5.41) is 14.3. The molecule has 0 bridgehead atoms. The van der Waals surface area contributed by atoms with Gasteiger partial charge in [-0.05, 0) is 99.0 Å². The van der Waals surface area contributed by atoms with Crippen molar-refractivity contribution in [3.63, 3.8) is 0 Å². The molecule has 0 saturated heterocycles. The third-order valence-electron chi connectivity index (χ3n) is 12.8. The Labute approximate surface area is 363 Å². The lowest BCUT2D eigenvalue weighted by Crippen LogP contribution is -2.00. The fourth-order valence-corrected chi connectivity index (χ4v) is 11.0. The van der Waals surface area contributed by atoms with Crippen molar-refractivity contribution in [1.29, 1.82) is 0 Å². The number of thiophene rings is 1. The Hall–Kier alpha value is -8.19. The molecule has 14 aromatic rings. The van der Waals surface area contributed by atoms with Crippen LogP contribution in [-0.2, 0) is 0 Å². The molecule has 0 aliphatic rings. The molecule has 0 radical (unpaired) electrons. The second kappa shape index (κ2) is 13.2. The van der Waals surface area contributed by atoms with Gasteiger partial charge in [-0.25, -0.2) is 15.0 Å². The number of fused-ring (bicyclic) bond motifs is 13. The number of aromatic nitrogens is 4. The van der Waals surface area contributed by atoms with E-state index in [4.69, 9.17) is 19.4 Å². The van der Waals surface area contributed by atoms with Crippen LogP contribution in [0.4, 0.5) is 0 Å². The molecule has 10 aromatic carbocycles. The van der Waals surface area contributed by atoms with Crippen LogP contribution in [0.5, 0.6) is 0 Å². The van der Waals surface area contributed by atoms with Gasteiger partial charge in [-0.3, -0.25) is 0 Å². The van der Waals surface area contributed by atoms with Gasteiger partial charge >= 0.3 is 0 Å². The van der Waals surface area contributed by atoms with E-state index in [9.17, 15) is 0 Å². The molecule has 14 rings (SSSR count). The average molecular weight is 821 g/mol. The lowest BCUT2D eigenvalue weighted by Gasteiger charge is -2.11. The fourth-order valence-electron chi connectivity index (χ4n) is 9.79. The summed E-state index contributed by atoms with van der Waals surface area (Å²) in [4.78, 5) is 15.4. The van der Waals surface area contributed by atoms with Crippen molar-refractivity contribution in [3.8, 4) is 39.9 Å². The molecule has 0 amide bonds. The lowest BCUT2D eigenvalue weighted by molar-refractivity contribution is 0.669. The van der Waals surface area contributed by atoms with E-state index in [0.29, 0.717) is 17.5 Å². The molecule has 0 spiro atoms. The lowest BCUT2D eigenvalue weighted by atomic mass is 10.0. The summed E-state index contributed by atoms with van der Waals surface area (Å²) in [6, 6.07) is 69.2. The van der Waals surface area contributed by atoms with Crippen LogP contribution in [0.15, 0.2) is 199 Å². The molecule has 0 aliphatic carbocycles. The molecule has 0 atom stereocenters. The van der Waals surface area contributed by atoms with Crippen molar-refractivity contribution in [3.05, 3.63) is 194 Å². The zero-order valence-electron chi connectivity index (χ0n) is 33.6. The Morgan fingerprint density at radius 2 is 1.02 bits per heavy atom. The van der Waals surface area contributed by atoms with Crippen LogP contribution in [0.25, 0.3) is 136 Å². The molecule has 63 heavy (non-hydrogen) atoms. The van der Waals surface area contributed by atoms with Gasteiger partial charge < -0.3 is 8.98 Å². The molecule has 0 fully saturated rings. The SMILES string of the molecule is c1ccc(-c2nc(-c3ccc4c(c3)oc3ccc5ccc(-n6c7cc8ccccc8cc7c7cc8ccccc8cc76)cc5c34)nc(-c3cccc4c3sc3ccccc34)n2)cc1. The molecule has 0 aliphatic heterocycles. The summed E-state index contributed by atoms with van der Waals surface area (Å²) >= 11 is 1.78. The van der Waals surface area contributed by atoms with Gasteiger partial charge in [-0.2, -0.15) is 0 Å². The standard InChI is InChI=1S/C57H32N4OS/c1-2-11-34(12-3-1)55-58-56(60-57(59-55)44-19-10-18-42-41-17-8-9-20-52(41)63-54(42)44)39-22-25-43-51(31-39)62-50-26-23-33-21-24-40(32-45(33)53(43)50)61-48-29-37-15-6-4-13-35(37)27-46(48)47-28-36-14-5-7-16-38(36)30-49(47)61/h1-32H. The number of furan rings is 1. The van der Waals surface area contributed by atoms with Gasteiger partial charge in [0.25, 0.3) is 0 Å². The van der Waals surface area contributed by atoms with Crippen molar-refractivity contribution in [2.24, 2.45) is 0 Å². The molecule has 4 aromatic heterocycles. The van der Waals surface area contributed by atoms with Crippen LogP contribution in [0.3, 0.4) is 0 Å². The highest BCUT2D eigenvalue weighted by Crippen LogP contribution is 2.42. The largest absolute Gasteiger partial charge is 0.456 e. The van der Waals surface area contributed by atoms with Crippen molar-refractivity contribution in [2.75, 3.05) is 0 Å². The quantitative estimate of drug-likeness (QED) is 0.177. The van der Waals surface area contributed by atoms with E-state index in [1.54, 1.807) is 11.3 Å². The van der Waals surface area contributed by atoms with E-state index >= 15 is 0 Å². The van der Waals surface area contributed by atoms with Gasteiger partial charge in [0.05, 0.1) is 11.0 Å². The second-order valence-electron chi connectivity index (χ2n) is 16.4. The van der Waals surface area contributed by atoms with Gasteiger partial charge in [0.1, 0.15) is 11.2 Å². The van der Waals surface area contributed by atoms with Crippen LogP contribution >= 0.6 is 11.3 Å². The van der Waals surface area contributed by atoms with E-state index in [1.807, 2.05) is 18.2 Å². The molecule has 0 N–H and O–H groups in total. The zero-order valence-corrected chi connectivity index (χ0v) is 34.4. The summed E-state index contributed by atoms with van der Waals surface area (Å²) in [6.07, 6.45) is 0. The maximum absolute atomic E-state index is 6.73. The Kier molecular flexibility index (Phi) is 7.21. The van der Waals surface area contributed by atoms with Crippen molar-refractivity contribution in [2.45, 2.75) is 0 Å². The highest BCUT2D eigenvalue weighted by molar-refractivity contribution is 7.26. The first-order chi connectivity index (χ1) is 31.2. The van der Waals surface area contributed by atoms with E-state index in [2.05, 4.69) is 180 Å². The normalized spacial score (nSPS) is 12.1. The summed E-state index contributed by atoms with van der Waals surface area (Å²) in [5.41, 5.74) is 7.87. The summed E-state index contributed by atoms with van der Waals surface area (Å²) in [5.74, 6) is 1.87. The molecule has 4 heterocycles. The van der Waals surface area contributed by atoms with Crippen LogP contribution in [0.2, 0.25) is 0 Å². The molecular formula is C57H32N4OS. The predicted octanol–water partition coefficient (Wildman–Crippen LogP) is 15.7. The molecule has 292 valence electrons. The minimum atomic E-state index is 0.595. The maximum Gasteiger partial charge on any atom is 0.165 e. The van der Waals surface area contributed by atoms with E-state index in [-0.39, 0.29) is 0 Å². The van der Waals surface area contributed by atoms with E-state index in [1.165, 1.54) is 58.8 Å². The number of rotatable bonds is 4. The van der Waals surface area contributed by atoms with Gasteiger partial charge in [0.2, 0.25) is 0 Å². The maximum atomic E-state index is 6.73. The molecule has 6 heteroatoms. The third kappa shape index (κ3) is 5.25. The van der Waals surface area contributed by atoms with Crippen molar-refractivity contribution >= 4 is 108 Å².